The Kier molecular flexibility index (Phi) is 5.99. The Bertz CT molecular complexity index is 844. The van der Waals surface area contributed by atoms with Gasteiger partial charge in [-0.1, -0.05) is 0 Å². The lowest BCUT2D eigenvalue weighted by Crippen LogP contribution is -2.52. The molecule has 0 heterocycles. The number of carbonyl (C=O) groups is 1. The van der Waals surface area contributed by atoms with Crippen molar-refractivity contribution in [1.82, 2.24) is 10.0 Å². The lowest BCUT2D eigenvalue weighted by atomic mass is 9.49. The predicted molar refractivity (Wildman–Crippen MR) is 119 cm³/mol. The Morgan fingerprint density at radius 3 is 2.03 bits per heavy atom. The highest BCUT2D eigenvalue weighted by molar-refractivity contribution is 7.89. The molecule has 1 aromatic rings. The zero-order valence-corrected chi connectivity index (χ0v) is 19.1. The van der Waals surface area contributed by atoms with Crippen LogP contribution in [-0.4, -0.2) is 33.0 Å². The molecular formula is C23H35N3O3S. The van der Waals surface area contributed by atoms with E-state index in [2.05, 4.69) is 15.4 Å². The molecule has 166 valence electrons. The highest BCUT2D eigenvalue weighted by Crippen LogP contribution is 2.59. The second-order valence-electron chi connectivity index (χ2n) is 10.3. The summed E-state index contributed by atoms with van der Waals surface area (Å²) in [6.45, 7) is 6.39. The molecule has 1 amide bonds. The highest BCUT2D eigenvalue weighted by atomic mass is 32.2. The number of rotatable bonds is 8. The van der Waals surface area contributed by atoms with E-state index in [0.717, 1.165) is 24.3 Å². The molecule has 4 bridgehead atoms. The first-order chi connectivity index (χ1) is 14.1. The van der Waals surface area contributed by atoms with Gasteiger partial charge < -0.3 is 10.6 Å². The summed E-state index contributed by atoms with van der Waals surface area (Å²) in [5, 5.41) is 6.40. The fourth-order valence-electron chi connectivity index (χ4n) is 6.32. The summed E-state index contributed by atoms with van der Waals surface area (Å²) in [6, 6.07) is 5.86. The average molecular weight is 434 g/mol. The number of nitrogens with one attached hydrogen (secondary N) is 3. The number of anilines is 1. The van der Waals surface area contributed by atoms with Gasteiger partial charge in [-0.25, -0.2) is 13.1 Å². The van der Waals surface area contributed by atoms with Gasteiger partial charge in [-0.15, -0.1) is 0 Å². The van der Waals surface area contributed by atoms with Crippen LogP contribution in [0.2, 0.25) is 0 Å². The fraction of sp³-hybridized carbons (Fsp3) is 0.696. The van der Waals surface area contributed by atoms with Crippen LogP contribution in [0, 0.1) is 23.2 Å². The third kappa shape index (κ3) is 4.73. The second kappa shape index (κ2) is 8.24. The zero-order valence-electron chi connectivity index (χ0n) is 18.3. The Labute approximate surface area is 180 Å². The molecule has 0 spiro atoms. The minimum atomic E-state index is -3.53. The summed E-state index contributed by atoms with van der Waals surface area (Å²) in [6.07, 6.45) is 8.23. The molecule has 1 aromatic carbocycles. The van der Waals surface area contributed by atoms with Gasteiger partial charge in [0, 0.05) is 18.3 Å². The number of sulfonamides is 1. The van der Waals surface area contributed by atoms with Crippen molar-refractivity contribution in [3.63, 3.8) is 0 Å². The molecule has 1 atom stereocenters. The summed E-state index contributed by atoms with van der Waals surface area (Å²) in [5.74, 6) is 2.63. The van der Waals surface area contributed by atoms with E-state index in [1.165, 1.54) is 50.7 Å². The van der Waals surface area contributed by atoms with Crippen molar-refractivity contribution < 1.29 is 13.2 Å². The maximum Gasteiger partial charge on any atom is 0.241 e. The molecule has 0 aromatic heterocycles. The quantitative estimate of drug-likeness (QED) is 0.585. The number of carbonyl (C=O) groups excluding carboxylic acids is 1. The van der Waals surface area contributed by atoms with Gasteiger partial charge in [0.2, 0.25) is 15.9 Å². The van der Waals surface area contributed by atoms with Crippen LogP contribution in [0.5, 0.6) is 0 Å². The monoisotopic (exact) mass is 433 g/mol. The van der Waals surface area contributed by atoms with Crippen molar-refractivity contribution in [3.05, 3.63) is 24.3 Å². The van der Waals surface area contributed by atoms with E-state index in [1.54, 1.807) is 26.0 Å². The second-order valence-corrected chi connectivity index (χ2v) is 12.0. The van der Waals surface area contributed by atoms with Crippen molar-refractivity contribution >= 4 is 21.6 Å². The largest absolute Gasteiger partial charge is 0.325 e. The van der Waals surface area contributed by atoms with Gasteiger partial charge in [-0.05, 0) is 107 Å². The molecule has 4 saturated carbocycles. The van der Waals surface area contributed by atoms with Crippen LogP contribution >= 0.6 is 0 Å². The zero-order chi connectivity index (χ0) is 21.5. The van der Waals surface area contributed by atoms with Crippen molar-refractivity contribution in [2.24, 2.45) is 23.2 Å². The first-order valence-corrected chi connectivity index (χ1v) is 12.8. The molecule has 0 saturated heterocycles. The molecule has 30 heavy (non-hydrogen) atoms. The third-order valence-electron chi connectivity index (χ3n) is 7.16. The summed E-state index contributed by atoms with van der Waals surface area (Å²) in [5.41, 5.74) is 0.995. The van der Waals surface area contributed by atoms with E-state index >= 15 is 0 Å². The number of amides is 1. The number of hydrogen-bond acceptors (Lipinski definition) is 4. The molecule has 0 aliphatic heterocycles. The van der Waals surface area contributed by atoms with Crippen LogP contribution in [-0.2, 0) is 14.8 Å². The van der Waals surface area contributed by atoms with Crippen LogP contribution in [0.4, 0.5) is 5.69 Å². The normalized spacial score (nSPS) is 31.1. The minimum absolute atomic E-state index is 0.0874. The molecule has 6 nitrogen and oxygen atoms in total. The Morgan fingerprint density at radius 2 is 1.53 bits per heavy atom. The molecule has 7 heteroatoms. The van der Waals surface area contributed by atoms with E-state index < -0.39 is 10.0 Å². The van der Waals surface area contributed by atoms with Crippen LogP contribution < -0.4 is 15.4 Å². The van der Waals surface area contributed by atoms with Gasteiger partial charge in [-0.3, -0.25) is 4.79 Å². The van der Waals surface area contributed by atoms with E-state index in [0.29, 0.717) is 11.1 Å². The topological polar surface area (TPSA) is 87.3 Å². The SMILES string of the molecule is CC(C)NS(=O)(=O)c1ccc(NC(=O)[C@H](C)NCC23CC4CC(CC(C4)C2)C3)cc1. The van der Waals surface area contributed by atoms with E-state index in [4.69, 9.17) is 0 Å². The van der Waals surface area contributed by atoms with Gasteiger partial charge >= 0.3 is 0 Å². The molecular weight excluding hydrogens is 398 g/mol. The summed E-state index contributed by atoms with van der Waals surface area (Å²) >= 11 is 0. The predicted octanol–water partition coefficient (Wildman–Crippen LogP) is 3.51. The van der Waals surface area contributed by atoms with Gasteiger partial charge in [0.1, 0.15) is 0 Å². The Hall–Kier alpha value is -1.44. The standard InChI is InChI=1S/C23H35N3O3S/c1-15(2)26-30(28,29)21-6-4-20(5-7-21)25-22(27)16(3)24-14-23-11-17-8-18(12-23)10-19(9-17)13-23/h4-7,15-19,24,26H,8-14H2,1-3H3,(H,25,27)/t16-,17?,18?,19?,23?/m0/s1. The summed E-state index contributed by atoms with van der Waals surface area (Å²) in [4.78, 5) is 12.8. The fourth-order valence-corrected chi connectivity index (χ4v) is 7.57. The highest BCUT2D eigenvalue weighted by Gasteiger charge is 2.50. The van der Waals surface area contributed by atoms with Crippen molar-refractivity contribution in [2.45, 2.75) is 76.3 Å². The van der Waals surface area contributed by atoms with Gasteiger partial charge in [0.25, 0.3) is 0 Å². The molecule has 3 N–H and O–H groups in total. The smallest absolute Gasteiger partial charge is 0.241 e. The first kappa shape index (κ1) is 21.8. The van der Waals surface area contributed by atoms with Gasteiger partial charge in [0.15, 0.2) is 0 Å². The average Bonchev–Trinajstić information content (AvgIpc) is 2.64. The molecule has 0 unspecified atom stereocenters. The van der Waals surface area contributed by atoms with Crippen molar-refractivity contribution in [1.29, 1.82) is 0 Å². The number of hydrogen-bond donors (Lipinski definition) is 3. The third-order valence-corrected chi connectivity index (χ3v) is 8.84. The lowest BCUT2D eigenvalue weighted by molar-refractivity contribution is -0.118. The minimum Gasteiger partial charge on any atom is -0.325 e. The summed E-state index contributed by atoms with van der Waals surface area (Å²) < 4.78 is 27.0. The first-order valence-electron chi connectivity index (χ1n) is 11.3. The van der Waals surface area contributed by atoms with Gasteiger partial charge in [0.05, 0.1) is 10.9 Å². The van der Waals surface area contributed by atoms with E-state index in [1.807, 2.05) is 6.92 Å². The maximum atomic E-state index is 12.7. The van der Waals surface area contributed by atoms with Crippen LogP contribution in [0.3, 0.4) is 0 Å². The molecule has 0 radical (unpaired) electrons. The maximum absolute atomic E-state index is 12.7. The molecule has 4 aliphatic rings. The van der Waals surface area contributed by atoms with Gasteiger partial charge in [-0.2, -0.15) is 0 Å². The Balaban J connectivity index is 1.31. The van der Waals surface area contributed by atoms with E-state index in [-0.39, 0.29) is 22.9 Å². The van der Waals surface area contributed by atoms with Crippen molar-refractivity contribution in [3.8, 4) is 0 Å². The molecule has 4 aliphatic carbocycles. The van der Waals surface area contributed by atoms with Crippen LogP contribution in [0.25, 0.3) is 0 Å². The van der Waals surface area contributed by atoms with Crippen LogP contribution in [0.1, 0.15) is 59.3 Å². The van der Waals surface area contributed by atoms with E-state index in [9.17, 15) is 13.2 Å². The number of benzene rings is 1. The molecule has 4 fully saturated rings. The molecule has 5 rings (SSSR count). The Morgan fingerprint density at radius 1 is 1.00 bits per heavy atom. The van der Waals surface area contributed by atoms with Crippen molar-refractivity contribution in [2.75, 3.05) is 11.9 Å². The lowest BCUT2D eigenvalue weighted by Gasteiger charge is -2.57. The van der Waals surface area contributed by atoms with Crippen LogP contribution in [0.15, 0.2) is 29.2 Å². The summed E-state index contributed by atoms with van der Waals surface area (Å²) in [7, 11) is -3.53.